The minimum atomic E-state index is -0.229. The average Bonchev–Trinajstić information content (AvgIpc) is 2.66. The van der Waals surface area contributed by atoms with E-state index in [9.17, 15) is 4.39 Å². The number of morpholine rings is 1. The first-order valence-electron chi connectivity index (χ1n) is 9.06. The second-order valence-corrected chi connectivity index (χ2v) is 6.60. The van der Waals surface area contributed by atoms with Gasteiger partial charge in [0.2, 0.25) is 0 Å². The second-order valence-electron chi connectivity index (χ2n) is 6.60. The number of hydrogen-bond donors (Lipinski definition) is 1. The highest BCUT2D eigenvalue weighted by Crippen LogP contribution is 2.25. The van der Waals surface area contributed by atoms with Crippen LogP contribution in [0.1, 0.15) is 24.2 Å². The normalized spacial score (nSPS) is 20.9. The zero-order valence-corrected chi connectivity index (χ0v) is 15.4. The summed E-state index contributed by atoms with van der Waals surface area (Å²) in [5, 5.41) is 3.45. The van der Waals surface area contributed by atoms with Crippen molar-refractivity contribution in [3.8, 4) is 0 Å². The molecule has 4 nitrogen and oxygen atoms in total. The Morgan fingerprint density at radius 2 is 1.88 bits per heavy atom. The van der Waals surface area contributed by atoms with E-state index in [0.29, 0.717) is 6.54 Å². The van der Waals surface area contributed by atoms with Gasteiger partial charge in [-0.2, -0.15) is 0 Å². The Kier molecular flexibility index (Phi) is 6.23. The molecule has 1 aliphatic rings. The number of nitrogens with zero attached hydrogens (tertiary/aromatic N) is 2. The van der Waals surface area contributed by atoms with Crippen LogP contribution in [0, 0.1) is 5.82 Å². The van der Waals surface area contributed by atoms with Gasteiger partial charge in [0.15, 0.2) is 5.96 Å². The largest absolute Gasteiger partial charge is 0.367 e. The number of hydrogen-bond acceptors (Lipinski definition) is 2. The summed E-state index contributed by atoms with van der Waals surface area (Å²) in [5.74, 6) is 0.649. The zero-order valence-electron chi connectivity index (χ0n) is 15.4. The molecule has 0 aliphatic carbocycles. The molecule has 5 heteroatoms. The minimum Gasteiger partial charge on any atom is -0.367 e. The molecule has 1 fully saturated rings. The summed E-state index contributed by atoms with van der Waals surface area (Å²) < 4.78 is 19.3. The van der Waals surface area contributed by atoms with Gasteiger partial charge in [0.1, 0.15) is 11.9 Å². The summed E-state index contributed by atoms with van der Waals surface area (Å²) >= 11 is 0. The predicted molar refractivity (Wildman–Crippen MR) is 103 cm³/mol. The van der Waals surface area contributed by atoms with Gasteiger partial charge in [-0.1, -0.05) is 42.5 Å². The molecule has 1 aliphatic heterocycles. The topological polar surface area (TPSA) is 36.9 Å². The first-order chi connectivity index (χ1) is 12.7. The number of ether oxygens (including phenoxy) is 1. The maximum atomic E-state index is 13.2. The fourth-order valence-corrected chi connectivity index (χ4v) is 3.28. The Balaban J connectivity index is 1.61. The number of benzene rings is 2. The van der Waals surface area contributed by atoms with Crippen LogP contribution in [0.25, 0.3) is 0 Å². The molecule has 3 rings (SSSR count). The van der Waals surface area contributed by atoms with Crippen molar-refractivity contribution in [2.24, 2.45) is 4.99 Å². The maximum Gasteiger partial charge on any atom is 0.193 e. The van der Waals surface area contributed by atoms with E-state index < -0.39 is 0 Å². The molecule has 138 valence electrons. The van der Waals surface area contributed by atoms with Crippen molar-refractivity contribution in [2.75, 3.05) is 26.7 Å². The molecular weight excluding hydrogens is 329 g/mol. The minimum absolute atomic E-state index is 0.0754. The molecule has 2 unspecified atom stereocenters. The van der Waals surface area contributed by atoms with Crippen molar-refractivity contribution in [2.45, 2.75) is 25.6 Å². The summed E-state index contributed by atoms with van der Waals surface area (Å²) in [6.07, 6.45) is 0.930. The number of rotatable bonds is 4. The van der Waals surface area contributed by atoms with E-state index in [2.05, 4.69) is 46.4 Å². The van der Waals surface area contributed by atoms with E-state index in [1.165, 1.54) is 17.7 Å². The van der Waals surface area contributed by atoms with E-state index in [0.717, 1.165) is 31.0 Å². The van der Waals surface area contributed by atoms with Gasteiger partial charge < -0.3 is 15.0 Å². The Morgan fingerprint density at radius 1 is 1.15 bits per heavy atom. The average molecular weight is 355 g/mol. The summed E-state index contributed by atoms with van der Waals surface area (Å²) in [6.45, 7) is 4.35. The number of guanidine groups is 1. The third-order valence-corrected chi connectivity index (χ3v) is 4.55. The SMILES string of the molecule is CN=C(NCCc1ccccc1)N1CC(C)OC(c2ccc(F)cc2)C1. The van der Waals surface area contributed by atoms with Crippen molar-refractivity contribution in [1.29, 1.82) is 0 Å². The highest BCUT2D eigenvalue weighted by Gasteiger charge is 2.28. The molecule has 1 N–H and O–H groups in total. The summed E-state index contributed by atoms with van der Waals surface area (Å²) in [7, 11) is 1.80. The Hall–Kier alpha value is -2.40. The lowest BCUT2D eigenvalue weighted by atomic mass is 10.1. The number of nitrogens with one attached hydrogen (secondary N) is 1. The molecular formula is C21H26FN3O. The van der Waals surface area contributed by atoms with Gasteiger partial charge in [-0.05, 0) is 36.6 Å². The molecule has 2 atom stereocenters. The van der Waals surface area contributed by atoms with Crippen molar-refractivity contribution in [3.05, 3.63) is 71.5 Å². The molecule has 2 aromatic rings. The van der Waals surface area contributed by atoms with Gasteiger partial charge in [0.05, 0.1) is 12.6 Å². The van der Waals surface area contributed by atoms with Gasteiger partial charge >= 0.3 is 0 Å². The lowest BCUT2D eigenvalue weighted by molar-refractivity contribution is -0.0604. The van der Waals surface area contributed by atoms with Crippen LogP contribution in [0.2, 0.25) is 0 Å². The van der Waals surface area contributed by atoms with Crippen LogP contribution in [0.15, 0.2) is 59.6 Å². The smallest absolute Gasteiger partial charge is 0.193 e. The fraction of sp³-hybridized carbons (Fsp3) is 0.381. The van der Waals surface area contributed by atoms with Crippen LogP contribution in [0.3, 0.4) is 0 Å². The summed E-state index contributed by atoms with van der Waals surface area (Å²) in [6, 6.07) is 17.0. The lowest BCUT2D eigenvalue weighted by Gasteiger charge is -2.38. The second kappa shape index (κ2) is 8.81. The molecule has 2 aromatic carbocycles. The van der Waals surface area contributed by atoms with Crippen LogP contribution in [-0.2, 0) is 11.2 Å². The predicted octanol–water partition coefficient (Wildman–Crippen LogP) is 3.41. The molecule has 26 heavy (non-hydrogen) atoms. The van der Waals surface area contributed by atoms with Crippen LogP contribution in [0.4, 0.5) is 4.39 Å². The molecule has 0 radical (unpaired) electrons. The monoisotopic (exact) mass is 355 g/mol. The summed E-state index contributed by atoms with van der Waals surface area (Å²) in [5.41, 5.74) is 2.29. The third kappa shape index (κ3) is 4.82. The maximum absolute atomic E-state index is 13.2. The Labute approximate surface area is 154 Å². The molecule has 0 saturated carbocycles. The molecule has 0 aromatic heterocycles. The van der Waals surface area contributed by atoms with Crippen molar-refractivity contribution < 1.29 is 9.13 Å². The van der Waals surface area contributed by atoms with Crippen molar-refractivity contribution in [1.82, 2.24) is 10.2 Å². The Bertz CT molecular complexity index is 718. The van der Waals surface area contributed by atoms with Gasteiger partial charge in [0, 0.05) is 20.1 Å². The van der Waals surface area contributed by atoms with Crippen LogP contribution in [-0.4, -0.2) is 43.6 Å². The fourth-order valence-electron chi connectivity index (χ4n) is 3.28. The lowest BCUT2D eigenvalue weighted by Crippen LogP contribution is -2.51. The van der Waals surface area contributed by atoms with Gasteiger partial charge in [0.25, 0.3) is 0 Å². The van der Waals surface area contributed by atoms with E-state index in [4.69, 9.17) is 4.74 Å². The van der Waals surface area contributed by atoms with Crippen molar-refractivity contribution >= 4 is 5.96 Å². The van der Waals surface area contributed by atoms with Gasteiger partial charge in [-0.15, -0.1) is 0 Å². The molecule has 1 saturated heterocycles. The third-order valence-electron chi connectivity index (χ3n) is 4.55. The van der Waals surface area contributed by atoms with E-state index in [-0.39, 0.29) is 18.0 Å². The van der Waals surface area contributed by atoms with Crippen LogP contribution in [0.5, 0.6) is 0 Å². The Morgan fingerprint density at radius 3 is 2.58 bits per heavy atom. The molecule has 1 heterocycles. The highest BCUT2D eigenvalue weighted by molar-refractivity contribution is 5.80. The van der Waals surface area contributed by atoms with Crippen LogP contribution >= 0.6 is 0 Å². The van der Waals surface area contributed by atoms with E-state index in [1.807, 2.05) is 6.07 Å². The van der Waals surface area contributed by atoms with Crippen LogP contribution < -0.4 is 5.32 Å². The standard InChI is InChI=1S/C21H26FN3O/c1-16-14-25(15-20(26-16)18-8-10-19(22)11-9-18)21(23-2)24-13-12-17-6-4-3-5-7-17/h3-11,16,20H,12-15H2,1-2H3,(H,23,24). The van der Waals surface area contributed by atoms with E-state index >= 15 is 0 Å². The number of aliphatic imine (C=N–C) groups is 1. The van der Waals surface area contributed by atoms with Crippen molar-refractivity contribution in [3.63, 3.8) is 0 Å². The molecule has 0 spiro atoms. The summed E-state index contributed by atoms with van der Waals surface area (Å²) in [4.78, 5) is 6.65. The first kappa shape index (κ1) is 18.4. The highest BCUT2D eigenvalue weighted by atomic mass is 19.1. The quantitative estimate of drug-likeness (QED) is 0.675. The molecule has 0 amide bonds. The number of halogens is 1. The van der Waals surface area contributed by atoms with Gasteiger partial charge in [-0.3, -0.25) is 4.99 Å². The zero-order chi connectivity index (χ0) is 18.4. The van der Waals surface area contributed by atoms with Gasteiger partial charge in [-0.25, -0.2) is 4.39 Å². The first-order valence-corrected chi connectivity index (χ1v) is 9.06. The van der Waals surface area contributed by atoms with E-state index in [1.54, 1.807) is 19.2 Å². The molecule has 0 bridgehead atoms.